The van der Waals surface area contributed by atoms with Gasteiger partial charge in [-0.25, -0.2) is 0 Å². The standard InChI is InChI=1S/C38H32OP2/c1-5-19-33(20-6-1)40(34-21-7-2-8-22-34)29-31-17-13-15-27-37(31)39-38-28-16-14-18-32(38)30-41(35-23-9-3-10-24-35)36-25-11-4-12-26-36/h1-28H,29-30H2. The molecule has 0 radical (unpaired) electrons. The van der Waals surface area contributed by atoms with Gasteiger partial charge < -0.3 is 4.74 Å². The molecule has 200 valence electrons. The van der Waals surface area contributed by atoms with Crippen LogP contribution in [-0.2, 0) is 12.3 Å². The predicted molar refractivity (Wildman–Crippen MR) is 179 cm³/mol. The summed E-state index contributed by atoms with van der Waals surface area (Å²) >= 11 is 0. The van der Waals surface area contributed by atoms with E-state index in [-0.39, 0.29) is 0 Å². The van der Waals surface area contributed by atoms with Crippen LogP contribution in [-0.4, -0.2) is 0 Å². The minimum atomic E-state index is -0.577. The number of hydrogen-bond acceptors (Lipinski definition) is 1. The summed E-state index contributed by atoms with van der Waals surface area (Å²) < 4.78 is 6.81. The monoisotopic (exact) mass is 566 g/mol. The largest absolute Gasteiger partial charge is 0.457 e. The molecule has 6 aromatic carbocycles. The molecule has 0 aliphatic rings. The lowest BCUT2D eigenvalue weighted by Crippen LogP contribution is -2.13. The summed E-state index contributed by atoms with van der Waals surface area (Å²) in [5.74, 6) is 1.87. The van der Waals surface area contributed by atoms with Gasteiger partial charge in [-0.3, -0.25) is 0 Å². The van der Waals surface area contributed by atoms with Crippen LogP contribution in [0.25, 0.3) is 0 Å². The first-order chi connectivity index (χ1) is 20.3. The van der Waals surface area contributed by atoms with Crippen molar-refractivity contribution in [2.24, 2.45) is 0 Å². The SMILES string of the molecule is c1ccc(P(Cc2ccccc2Oc2ccccc2CP(c2ccccc2)c2ccccc2)c2ccccc2)cc1. The smallest absolute Gasteiger partial charge is 0.131 e. The van der Waals surface area contributed by atoms with Gasteiger partial charge in [-0.2, -0.15) is 0 Å². The lowest BCUT2D eigenvalue weighted by Gasteiger charge is -2.22. The van der Waals surface area contributed by atoms with Gasteiger partial charge in [0, 0.05) is 12.3 Å². The molecule has 0 fully saturated rings. The third-order valence-corrected chi connectivity index (χ3v) is 12.1. The molecule has 0 bridgehead atoms. The van der Waals surface area contributed by atoms with Gasteiger partial charge in [0.25, 0.3) is 0 Å². The molecular weight excluding hydrogens is 534 g/mol. The van der Waals surface area contributed by atoms with Gasteiger partial charge in [-0.1, -0.05) is 158 Å². The maximum absolute atomic E-state index is 6.81. The van der Waals surface area contributed by atoms with Crippen molar-refractivity contribution in [3.05, 3.63) is 181 Å². The van der Waals surface area contributed by atoms with E-state index >= 15 is 0 Å². The van der Waals surface area contributed by atoms with Crippen molar-refractivity contribution in [2.45, 2.75) is 12.3 Å². The van der Waals surface area contributed by atoms with Crippen LogP contribution in [0.2, 0.25) is 0 Å². The number of hydrogen-bond donors (Lipinski definition) is 0. The Kier molecular flexibility index (Phi) is 8.98. The Morgan fingerprint density at radius 2 is 0.585 bits per heavy atom. The maximum Gasteiger partial charge on any atom is 0.131 e. The fourth-order valence-corrected chi connectivity index (χ4v) is 9.68. The number of ether oxygens (including phenoxy) is 1. The fourth-order valence-electron chi connectivity index (χ4n) is 5.02. The quantitative estimate of drug-likeness (QED) is 0.151. The third kappa shape index (κ3) is 6.83. The molecule has 3 heteroatoms. The van der Waals surface area contributed by atoms with Crippen molar-refractivity contribution in [3.8, 4) is 11.5 Å². The van der Waals surface area contributed by atoms with Crippen molar-refractivity contribution >= 4 is 37.1 Å². The van der Waals surface area contributed by atoms with Crippen LogP contribution in [0, 0.1) is 0 Å². The van der Waals surface area contributed by atoms with E-state index in [9.17, 15) is 0 Å². The average molecular weight is 567 g/mol. The molecule has 41 heavy (non-hydrogen) atoms. The maximum atomic E-state index is 6.81. The van der Waals surface area contributed by atoms with Crippen molar-refractivity contribution in [3.63, 3.8) is 0 Å². The van der Waals surface area contributed by atoms with E-state index < -0.39 is 15.8 Å². The van der Waals surface area contributed by atoms with E-state index in [1.54, 1.807) is 0 Å². The molecule has 6 aromatic rings. The molecule has 0 N–H and O–H groups in total. The molecule has 0 saturated carbocycles. The summed E-state index contributed by atoms with van der Waals surface area (Å²) in [6, 6.07) is 60.7. The molecule has 0 heterocycles. The molecule has 1 nitrogen and oxygen atoms in total. The van der Waals surface area contributed by atoms with Crippen LogP contribution < -0.4 is 26.0 Å². The van der Waals surface area contributed by atoms with Gasteiger partial charge in [0.2, 0.25) is 0 Å². The van der Waals surface area contributed by atoms with Crippen LogP contribution >= 0.6 is 15.8 Å². The predicted octanol–water partition coefficient (Wildman–Crippen LogP) is 8.74. The average Bonchev–Trinajstić information content (AvgIpc) is 3.05. The van der Waals surface area contributed by atoms with Crippen molar-refractivity contribution in [1.29, 1.82) is 0 Å². The zero-order valence-corrected chi connectivity index (χ0v) is 24.7. The number of para-hydroxylation sites is 2. The zero-order valence-electron chi connectivity index (χ0n) is 22.9. The molecule has 0 aromatic heterocycles. The van der Waals surface area contributed by atoms with E-state index in [4.69, 9.17) is 4.74 Å². The normalized spacial score (nSPS) is 11.1. The highest BCUT2D eigenvalue weighted by atomic mass is 31.1. The molecule has 0 aliphatic carbocycles. The summed E-state index contributed by atoms with van der Waals surface area (Å²) in [4.78, 5) is 0. The van der Waals surface area contributed by atoms with E-state index in [1.807, 2.05) is 0 Å². The minimum Gasteiger partial charge on any atom is -0.457 e. The summed E-state index contributed by atoms with van der Waals surface area (Å²) in [6.07, 6.45) is 1.84. The van der Waals surface area contributed by atoms with Gasteiger partial charge >= 0.3 is 0 Å². The first-order valence-electron chi connectivity index (χ1n) is 13.9. The summed E-state index contributed by atoms with van der Waals surface area (Å²) in [5, 5.41) is 5.50. The van der Waals surface area contributed by atoms with Crippen LogP contribution in [0.1, 0.15) is 11.1 Å². The molecular formula is C38H32OP2. The van der Waals surface area contributed by atoms with Crippen LogP contribution in [0.5, 0.6) is 11.5 Å². The summed E-state index contributed by atoms with van der Waals surface area (Å²) in [6.45, 7) is 0. The van der Waals surface area contributed by atoms with E-state index in [1.165, 1.54) is 32.3 Å². The Bertz CT molecular complexity index is 1450. The Balaban J connectivity index is 1.32. The van der Waals surface area contributed by atoms with E-state index in [0.717, 1.165) is 23.8 Å². The first-order valence-corrected chi connectivity index (χ1v) is 17.0. The Morgan fingerprint density at radius 1 is 0.317 bits per heavy atom. The van der Waals surface area contributed by atoms with Crippen molar-refractivity contribution in [1.82, 2.24) is 0 Å². The Hall–Kier alpha value is -4.02. The zero-order chi connectivity index (χ0) is 27.7. The van der Waals surface area contributed by atoms with E-state index in [2.05, 4.69) is 170 Å². The van der Waals surface area contributed by atoms with Gasteiger partial charge in [-0.05, 0) is 60.3 Å². The van der Waals surface area contributed by atoms with Crippen molar-refractivity contribution < 1.29 is 4.74 Å². The topological polar surface area (TPSA) is 9.23 Å². The van der Waals surface area contributed by atoms with Gasteiger partial charge in [-0.15, -0.1) is 0 Å². The number of rotatable bonds is 10. The van der Waals surface area contributed by atoms with Gasteiger partial charge in [0.1, 0.15) is 11.5 Å². The molecule has 6 rings (SSSR count). The minimum absolute atomic E-state index is 0.577. The van der Waals surface area contributed by atoms with Crippen LogP contribution in [0.15, 0.2) is 170 Å². The highest BCUT2D eigenvalue weighted by Crippen LogP contribution is 2.43. The second-order valence-corrected chi connectivity index (χ2v) is 14.2. The van der Waals surface area contributed by atoms with E-state index in [0.29, 0.717) is 0 Å². The lowest BCUT2D eigenvalue weighted by molar-refractivity contribution is 0.474. The highest BCUT2D eigenvalue weighted by molar-refractivity contribution is 7.72. The molecule has 0 amide bonds. The lowest BCUT2D eigenvalue weighted by atomic mass is 10.2. The Morgan fingerprint density at radius 3 is 0.902 bits per heavy atom. The summed E-state index contributed by atoms with van der Waals surface area (Å²) in [7, 11) is -1.15. The third-order valence-electron chi connectivity index (χ3n) is 7.09. The molecule has 0 saturated heterocycles. The second kappa shape index (κ2) is 13.6. The second-order valence-electron chi connectivity index (χ2n) is 9.83. The van der Waals surface area contributed by atoms with Gasteiger partial charge in [0.15, 0.2) is 0 Å². The van der Waals surface area contributed by atoms with Crippen LogP contribution in [0.3, 0.4) is 0 Å². The fraction of sp³-hybridized carbons (Fsp3) is 0.0526. The molecule has 0 unspecified atom stereocenters. The molecule has 0 spiro atoms. The summed E-state index contributed by atoms with van der Waals surface area (Å²) in [5.41, 5.74) is 2.46. The van der Waals surface area contributed by atoms with Crippen molar-refractivity contribution in [2.75, 3.05) is 0 Å². The first kappa shape index (κ1) is 27.2. The van der Waals surface area contributed by atoms with Gasteiger partial charge in [0.05, 0.1) is 0 Å². The molecule has 0 atom stereocenters. The number of benzene rings is 6. The Labute approximate surface area is 246 Å². The molecule has 0 aliphatic heterocycles. The highest BCUT2D eigenvalue weighted by Gasteiger charge is 2.19. The van der Waals surface area contributed by atoms with Crippen LogP contribution in [0.4, 0.5) is 0 Å².